The Hall–Kier alpha value is -1.16. The first-order valence-electron chi connectivity index (χ1n) is 4.91. The van der Waals surface area contributed by atoms with Crippen LogP contribution in [-0.2, 0) is 0 Å². The molecule has 1 saturated carbocycles. The predicted molar refractivity (Wildman–Crippen MR) is 53.1 cm³/mol. The first kappa shape index (κ1) is 9.40. The molecule has 0 amide bonds. The van der Waals surface area contributed by atoms with Gasteiger partial charge in [-0.2, -0.15) is 0 Å². The molecule has 1 atom stereocenters. The Bertz CT molecular complexity index is 295. The number of rotatable bonds is 4. The summed E-state index contributed by atoms with van der Waals surface area (Å²) in [6.07, 6.45) is 6.21. The third-order valence-electron chi connectivity index (χ3n) is 2.70. The van der Waals surface area contributed by atoms with Crippen molar-refractivity contribution in [2.45, 2.75) is 18.8 Å². The molecule has 1 aromatic rings. The van der Waals surface area contributed by atoms with Gasteiger partial charge in [0, 0.05) is 18.3 Å². The van der Waals surface area contributed by atoms with Gasteiger partial charge in [-0.1, -0.05) is 0 Å². The van der Waals surface area contributed by atoms with Crippen LogP contribution in [-0.4, -0.2) is 23.6 Å². The maximum absolute atomic E-state index is 5.73. The van der Waals surface area contributed by atoms with Crippen molar-refractivity contribution in [2.75, 3.05) is 13.7 Å². The lowest BCUT2D eigenvalue weighted by molar-refractivity contribution is 0.378. The minimum Gasteiger partial charge on any atom is -0.467 e. The van der Waals surface area contributed by atoms with Gasteiger partial charge in [0.1, 0.15) is 0 Å². The van der Waals surface area contributed by atoms with E-state index in [4.69, 9.17) is 10.5 Å². The van der Waals surface area contributed by atoms with Crippen molar-refractivity contribution in [3.63, 3.8) is 0 Å². The molecule has 4 heteroatoms. The standard InChI is InChI=1S/C10H15N3O/c1-14-10-12-5-8(6-13-10)9(4-11)7-2-3-7/h5-7,9H,2-4,11H2,1H3. The highest BCUT2D eigenvalue weighted by atomic mass is 16.5. The number of nitrogens with two attached hydrogens (primary N) is 1. The number of ether oxygens (including phenoxy) is 1. The van der Waals surface area contributed by atoms with E-state index < -0.39 is 0 Å². The van der Waals surface area contributed by atoms with Crippen LogP contribution in [0.4, 0.5) is 0 Å². The Kier molecular flexibility index (Phi) is 2.63. The molecule has 0 saturated heterocycles. The van der Waals surface area contributed by atoms with Crippen molar-refractivity contribution in [1.29, 1.82) is 0 Å². The third kappa shape index (κ3) is 1.85. The summed E-state index contributed by atoms with van der Waals surface area (Å²) in [6, 6.07) is 0.417. The van der Waals surface area contributed by atoms with E-state index in [9.17, 15) is 0 Å². The van der Waals surface area contributed by atoms with E-state index in [-0.39, 0.29) is 0 Å². The van der Waals surface area contributed by atoms with Crippen molar-refractivity contribution in [2.24, 2.45) is 11.7 Å². The Balaban J connectivity index is 2.13. The van der Waals surface area contributed by atoms with Crippen molar-refractivity contribution >= 4 is 0 Å². The van der Waals surface area contributed by atoms with E-state index in [0.717, 1.165) is 11.5 Å². The van der Waals surface area contributed by atoms with Crippen LogP contribution in [0.3, 0.4) is 0 Å². The second-order valence-electron chi connectivity index (χ2n) is 3.68. The largest absolute Gasteiger partial charge is 0.467 e. The molecule has 76 valence electrons. The molecule has 0 bridgehead atoms. The van der Waals surface area contributed by atoms with Gasteiger partial charge >= 0.3 is 6.01 Å². The van der Waals surface area contributed by atoms with Crippen molar-refractivity contribution in [1.82, 2.24) is 9.97 Å². The van der Waals surface area contributed by atoms with E-state index in [1.165, 1.54) is 12.8 Å². The second-order valence-corrected chi connectivity index (χ2v) is 3.68. The smallest absolute Gasteiger partial charge is 0.316 e. The van der Waals surface area contributed by atoms with Gasteiger partial charge in [0.25, 0.3) is 0 Å². The van der Waals surface area contributed by atoms with Crippen LogP contribution in [0.2, 0.25) is 0 Å². The summed E-state index contributed by atoms with van der Waals surface area (Å²) in [4.78, 5) is 8.17. The van der Waals surface area contributed by atoms with Gasteiger partial charge < -0.3 is 10.5 Å². The summed E-state index contributed by atoms with van der Waals surface area (Å²) >= 11 is 0. The van der Waals surface area contributed by atoms with E-state index in [0.29, 0.717) is 18.5 Å². The molecule has 1 aliphatic rings. The molecule has 0 radical (unpaired) electrons. The first-order valence-corrected chi connectivity index (χ1v) is 4.91. The maximum atomic E-state index is 5.73. The number of hydrogen-bond acceptors (Lipinski definition) is 4. The van der Waals surface area contributed by atoms with Gasteiger partial charge in [-0.15, -0.1) is 0 Å². The highest BCUT2D eigenvalue weighted by molar-refractivity contribution is 5.16. The molecule has 1 aliphatic carbocycles. The Labute approximate surface area is 83.5 Å². The van der Waals surface area contributed by atoms with Crippen LogP contribution in [0, 0.1) is 5.92 Å². The number of nitrogens with zero attached hydrogens (tertiary/aromatic N) is 2. The SMILES string of the molecule is COc1ncc(C(CN)C2CC2)cn1. The molecule has 2 N–H and O–H groups in total. The summed E-state index contributed by atoms with van der Waals surface area (Å²) < 4.78 is 4.91. The molecular formula is C10H15N3O. The molecule has 1 fully saturated rings. The van der Waals surface area contributed by atoms with Gasteiger partial charge in [0.2, 0.25) is 0 Å². The van der Waals surface area contributed by atoms with E-state index >= 15 is 0 Å². The van der Waals surface area contributed by atoms with Gasteiger partial charge in [-0.25, -0.2) is 9.97 Å². The van der Waals surface area contributed by atoms with Crippen LogP contribution < -0.4 is 10.5 Å². The number of aromatic nitrogens is 2. The molecular weight excluding hydrogens is 178 g/mol. The number of methoxy groups -OCH3 is 1. The number of hydrogen-bond donors (Lipinski definition) is 1. The lowest BCUT2D eigenvalue weighted by Crippen LogP contribution is -2.14. The molecule has 2 rings (SSSR count). The maximum Gasteiger partial charge on any atom is 0.316 e. The Morgan fingerprint density at radius 2 is 2.14 bits per heavy atom. The zero-order valence-electron chi connectivity index (χ0n) is 8.31. The average molecular weight is 193 g/mol. The topological polar surface area (TPSA) is 61.0 Å². The molecule has 0 spiro atoms. The Morgan fingerprint density at radius 3 is 2.57 bits per heavy atom. The lowest BCUT2D eigenvalue weighted by Gasteiger charge is -2.12. The highest BCUT2D eigenvalue weighted by Crippen LogP contribution is 2.41. The molecule has 1 heterocycles. The average Bonchev–Trinajstić information content (AvgIpc) is 3.04. The van der Waals surface area contributed by atoms with E-state index in [1.807, 2.05) is 12.4 Å². The van der Waals surface area contributed by atoms with Crippen LogP contribution in [0.5, 0.6) is 6.01 Å². The fraction of sp³-hybridized carbons (Fsp3) is 0.600. The lowest BCUT2D eigenvalue weighted by atomic mass is 9.97. The van der Waals surface area contributed by atoms with Crippen molar-refractivity contribution in [3.05, 3.63) is 18.0 Å². The molecule has 1 unspecified atom stereocenters. The second kappa shape index (κ2) is 3.92. The van der Waals surface area contributed by atoms with E-state index in [1.54, 1.807) is 7.11 Å². The highest BCUT2D eigenvalue weighted by Gasteiger charge is 2.31. The van der Waals surface area contributed by atoms with Crippen LogP contribution in [0.1, 0.15) is 24.3 Å². The third-order valence-corrected chi connectivity index (χ3v) is 2.70. The molecule has 0 aromatic carbocycles. The van der Waals surface area contributed by atoms with Crippen LogP contribution >= 0.6 is 0 Å². The van der Waals surface area contributed by atoms with Gasteiger partial charge in [-0.3, -0.25) is 0 Å². The summed E-state index contributed by atoms with van der Waals surface area (Å²) in [5.74, 6) is 1.18. The Morgan fingerprint density at radius 1 is 1.50 bits per heavy atom. The molecule has 14 heavy (non-hydrogen) atoms. The van der Waals surface area contributed by atoms with Crippen LogP contribution in [0.15, 0.2) is 12.4 Å². The van der Waals surface area contributed by atoms with Crippen molar-refractivity contribution in [3.8, 4) is 6.01 Å². The summed E-state index contributed by atoms with van der Waals surface area (Å²) in [6.45, 7) is 0.681. The summed E-state index contributed by atoms with van der Waals surface area (Å²) in [5, 5.41) is 0. The zero-order valence-corrected chi connectivity index (χ0v) is 8.31. The predicted octanol–water partition coefficient (Wildman–Crippen LogP) is 0.937. The van der Waals surface area contributed by atoms with Crippen molar-refractivity contribution < 1.29 is 4.74 Å². The minimum absolute atomic E-state index is 0.417. The normalized spacial score (nSPS) is 17.9. The van der Waals surface area contributed by atoms with Gasteiger partial charge in [0.15, 0.2) is 0 Å². The monoisotopic (exact) mass is 193 g/mol. The first-order chi connectivity index (χ1) is 6.85. The fourth-order valence-corrected chi connectivity index (χ4v) is 1.72. The fourth-order valence-electron chi connectivity index (χ4n) is 1.72. The quantitative estimate of drug-likeness (QED) is 0.773. The van der Waals surface area contributed by atoms with Crippen LogP contribution in [0.25, 0.3) is 0 Å². The zero-order chi connectivity index (χ0) is 9.97. The molecule has 4 nitrogen and oxygen atoms in total. The summed E-state index contributed by atoms with van der Waals surface area (Å²) in [5.41, 5.74) is 6.86. The van der Waals surface area contributed by atoms with Gasteiger partial charge in [0.05, 0.1) is 7.11 Å². The van der Waals surface area contributed by atoms with Gasteiger partial charge in [-0.05, 0) is 30.9 Å². The summed E-state index contributed by atoms with van der Waals surface area (Å²) in [7, 11) is 1.57. The van der Waals surface area contributed by atoms with E-state index in [2.05, 4.69) is 9.97 Å². The molecule has 0 aliphatic heterocycles. The molecule has 1 aromatic heterocycles. The minimum atomic E-state index is 0.417.